The molecule has 116 valence electrons. The molecule has 1 aliphatic rings. The monoisotopic (exact) mass is 310 g/mol. The van der Waals surface area contributed by atoms with Crippen molar-refractivity contribution in [3.63, 3.8) is 0 Å². The maximum atomic E-state index is 11.7. The van der Waals surface area contributed by atoms with Crippen molar-refractivity contribution in [1.29, 1.82) is 0 Å². The first-order valence-electron chi connectivity index (χ1n) is 7.40. The summed E-state index contributed by atoms with van der Waals surface area (Å²) >= 11 is 1.40. The lowest BCUT2D eigenvalue weighted by Crippen LogP contribution is -2.43. The van der Waals surface area contributed by atoms with E-state index in [4.69, 9.17) is 0 Å². The number of carbonyl (C=O) groups excluding carboxylic acids is 2. The molecule has 0 bridgehead atoms. The molecule has 6 nitrogen and oxygen atoms in total. The van der Waals surface area contributed by atoms with Gasteiger partial charge in [0.2, 0.25) is 5.91 Å². The summed E-state index contributed by atoms with van der Waals surface area (Å²) in [7, 11) is 0. The molecule has 3 amide bonds. The Labute approximate surface area is 128 Å². The Kier molecular flexibility index (Phi) is 5.98. The number of anilines is 1. The van der Waals surface area contributed by atoms with Gasteiger partial charge in [-0.15, -0.1) is 11.3 Å². The van der Waals surface area contributed by atoms with Gasteiger partial charge < -0.3 is 16.0 Å². The predicted molar refractivity (Wildman–Crippen MR) is 83.5 cm³/mol. The van der Waals surface area contributed by atoms with Crippen molar-refractivity contribution in [2.45, 2.75) is 51.5 Å². The molecule has 1 aliphatic carbocycles. The van der Waals surface area contributed by atoms with E-state index in [2.05, 4.69) is 20.9 Å². The molecule has 1 aromatic heterocycles. The summed E-state index contributed by atoms with van der Waals surface area (Å²) < 4.78 is 0. The quantitative estimate of drug-likeness (QED) is 0.781. The minimum Gasteiger partial charge on any atom is -0.338 e. The third-order valence-corrected chi connectivity index (χ3v) is 4.32. The van der Waals surface area contributed by atoms with Crippen LogP contribution in [-0.4, -0.2) is 29.5 Å². The van der Waals surface area contributed by atoms with Crippen molar-refractivity contribution in [2.24, 2.45) is 0 Å². The van der Waals surface area contributed by atoms with Gasteiger partial charge in [0.15, 0.2) is 5.13 Å². The van der Waals surface area contributed by atoms with Gasteiger partial charge in [0.05, 0.1) is 5.69 Å². The summed E-state index contributed by atoms with van der Waals surface area (Å²) in [5.41, 5.74) is 0.889. The summed E-state index contributed by atoms with van der Waals surface area (Å²) in [5.74, 6) is -0.137. The van der Waals surface area contributed by atoms with Crippen LogP contribution in [0.15, 0.2) is 5.38 Å². The Balaban J connectivity index is 1.59. The first kappa shape index (κ1) is 15.8. The van der Waals surface area contributed by atoms with Crippen LogP contribution in [0.25, 0.3) is 0 Å². The van der Waals surface area contributed by atoms with E-state index in [1.807, 2.05) is 12.3 Å². The standard InChI is InChI=1S/C14H22N4O2S/c1-10-9-21-14(16-10)18-12(19)7-8-15-13(20)17-11-5-3-2-4-6-11/h9,11H,2-8H2,1H3,(H2,15,17,20)(H,16,18,19). The average Bonchev–Trinajstić information content (AvgIpc) is 2.85. The van der Waals surface area contributed by atoms with Gasteiger partial charge in [0.1, 0.15) is 0 Å². The zero-order valence-corrected chi connectivity index (χ0v) is 13.1. The third-order valence-electron chi connectivity index (χ3n) is 3.44. The van der Waals surface area contributed by atoms with E-state index in [9.17, 15) is 9.59 Å². The van der Waals surface area contributed by atoms with E-state index in [0.29, 0.717) is 11.7 Å². The van der Waals surface area contributed by atoms with E-state index in [-0.39, 0.29) is 24.4 Å². The molecule has 2 rings (SSSR count). The van der Waals surface area contributed by atoms with Crippen molar-refractivity contribution in [3.05, 3.63) is 11.1 Å². The average molecular weight is 310 g/mol. The Morgan fingerprint density at radius 2 is 2.10 bits per heavy atom. The van der Waals surface area contributed by atoms with E-state index >= 15 is 0 Å². The number of amides is 3. The van der Waals surface area contributed by atoms with E-state index in [1.54, 1.807) is 0 Å². The van der Waals surface area contributed by atoms with Crippen LogP contribution in [0.3, 0.4) is 0 Å². The zero-order valence-electron chi connectivity index (χ0n) is 12.3. The topological polar surface area (TPSA) is 83.1 Å². The highest BCUT2D eigenvalue weighted by Crippen LogP contribution is 2.17. The molecule has 1 heterocycles. The molecule has 0 radical (unpaired) electrons. The number of aryl methyl sites for hydroxylation is 1. The lowest BCUT2D eigenvalue weighted by molar-refractivity contribution is -0.116. The summed E-state index contributed by atoms with van der Waals surface area (Å²) in [6, 6.07) is 0.102. The molecule has 1 fully saturated rings. The third kappa shape index (κ3) is 5.71. The predicted octanol–water partition coefficient (Wildman–Crippen LogP) is 2.41. The number of rotatable bonds is 5. The van der Waals surface area contributed by atoms with Crippen molar-refractivity contribution < 1.29 is 9.59 Å². The Morgan fingerprint density at radius 1 is 1.33 bits per heavy atom. The van der Waals surface area contributed by atoms with Crippen LogP contribution in [0.2, 0.25) is 0 Å². The molecule has 1 saturated carbocycles. The highest BCUT2D eigenvalue weighted by molar-refractivity contribution is 7.13. The van der Waals surface area contributed by atoms with Gasteiger partial charge in [0, 0.05) is 24.4 Å². The molecular formula is C14H22N4O2S. The maximum Gasteiger partial charge on any atom is 0.315 e. The molecule has 0 aliphatic heterocycles. The summed E-state index contributed by atoms with van der Waals surface area (Å²) in [6.45, 7) is 2.21. The SMILES string of the molecule is Cc1csc(NC(=O)CCNC(=O)NC2CCCCC2)n1. The normalized spacial score (nSPS) is 15.5. The number of thiazole rings is 1. The van der Waals surface area contributed by atoms with Crippen molar-refractivity contribution in [3.8, 4) is 0 Å². The maximum absolute atomic E-state index is 11.7. The van der Waals surface area contributed by atoms with E-state index in [0.717, 1.165) is 18.5 Å². The number of carbonyl (C=O) groups is 2. The van der Waals surface area contributed by atoms with Gasteiger partial charge in [-0.1, -0.05) is 19.3 Å². The van der Waals surface area contributed by atoms with Gasteiger partial charge in [-0.3, -0.25) is 4.79 Å². The Hall–Kier alpha value is -1.63. The summed E-state index contributed by atoms with van der Waals surface area (Å²) in [4.78, 5) is 27.5. The fraction of sp³-hybridized carbons (Fsp3) is 0.643. The summed E-state index contributed by atoms with van der Waals surface area (Å²) in [6.07, 6.45) is 5.97. The second-order valence-corrected chi connectivity index (χ2v) is 6.19. The highest BCUT2D eigenvalue weighted by Gasteiger charge is 2.15. The van der Waals surface area contributed by atoms with Crippen LogP contribution in [-0.2, 0) is 4.79 Å². The van der Waals surface area contributed by atoms with Gasteiger partial charge in [-0.25, -0.2) is 9.78 Å². The van der Waals surface area contributed by atoms with Crippen LogP contribution < -0.4 is 16.0 Å². The van der Waals surface area contributed by atoms with Crippen LogP contribution in [0, 0.1) is 6.92 Å². The number of urea groups is 1. The van der Waals surface area contributed by atoms with Gasteiger partial charge in [0.25, 0.3) is 0 Å². The van der Waals surface area contributed by atoms with Crippen LogP contribution in [0.5, 0.6) is 0 Å². The molecule has 21 heavy (non-hydrogen) atoms. The Morgan fingerprint density at radius 3 is 2.76 bits per heavy atom. The highest BCUT2D eigenvalue weighted by atomic mass is 32.1. The van der Waals surface area contributed by atoms with Crippen LogP contribution in [0.4, 0.5) is 9.93 Å². The molecule has 0 atom stereocenters. The lowest BCUT2D eigenvalue weighted by atomic mass is 9.96. The smallest absolute Gasteiger partial charge is 0.315 e. The second-order valence-electron chi connectivity index (χ2n) is 5.33. The first-order valence-corrected chi connectivity index (χ1v) is 8.28. The lowest BCUT2D eigenvalue weighted by Gasteiger charge is -2.22. The van der Waals surface area contributed by atoms with E-state index < -0.39 is 0 Å². The van der Waals surface area contributed by atoms with E-state index in [1.165, 1.54) is 30.6 Å². The minimum atomic E-state index is -0.181. The minimum absolute atomic E-state index is 0.137. The number of nitrogens with one attached hydrogen (secondary N) is 3. The molecule has 0 aromatic carbocycles. The molecule has 3 N–H and O–H groups in total. The molecule has 0 saturated heterocycles. The molecule has 0 spiro atoms. The number of aromatic nitrogens is 1. The summed E-state index contributed by atoms with van der Waals surface area (Å²) in [5, 5.41) is 10.9. The first-order chi connectivity index (χ1) is 10.1. The molecular weight excluding hydrogens is 288 g/mol. The molecule has 7 heteroatoms. The van der Waals surface area contributed by atoms with Crippen molar-refractivity contribution in [2.75, 3.05) is 11.9 Å². The van der Waals surface area contributed by atoms with Gasteiger partial charge in [-0.05, 0) is 19.8 Å². The zero-order chi connectivity index (χ0) is 15.1. The fourth-order valence-electron chi connectivity index (χ4n) is 2.37. The van der Waals surface area contributed by atoms with Crippen LogP contribution >= 0.6 is 11.3 Å². The Bertz CT molecular complexity index is 483. The van der Waals surface area contributed by atoms with Crippen molar-refractivity contribution in [1.82, 2.24) is 15.6 Å². The van der Waals surface area contributed by atoms with Gasteiger partial charge in [-0.2, -0.15) is 0 Å². The number of hydrogen-bond donors (Lipinski definition) is 3. The van der Waals surface area contributed by atoms with Gasteiger partial charge >= 0.3 is 6.03 Å². The second kappa shape index (κ2) is 7.97. The van der Waals surface area contributed by atoms with Crippen molar-refractivity contribution >= 4 is 28.4 Å². The number of nitrogens with zero attached hydrogens (tertiary/aromatic N) is 1. The molecule has 0 unspecified atom stereocenters. The number of hydrogen-bond acceptors (Lipinski definition) is 4. The van der Waals surface area contributed by atoms with Crippen LogP contribution in [0.1, 0.15) is 44.2 Å². The fourth-order valence-corrected chi connectivity index (χ4v) is 3.07. The largest absolute Gasteiger partial charge is 0.338 e. The molecule has 1 aromatic rings.